The smallest absolute Gasteiger partial charge is 0.236 e. The fraction of sp³-hybridized carbons (Fsp3) is 0.769. The average Bonchev–Trinajstić information content (AvgIpc) is 2.28. The Balaban J connectivity index is 2.38. The number of carbonyl (C=O) groups excluding carboxylic acids is 1. The van der Waals surface area contributed by atoms with Gasteiger partial charge in [0.15, 0.2) is 0 Å². The van der Waals surface area contributed by atoms with E-state index in [0.29, 0.717) is 6.54 Å². The van der Waals surface area contributed by atoms with E-state index in [9.17, 15) is 4.79 Å². The predicted octanol–water partition coefficient (Wildman–Crippen LogP) is 1.90. The van der Waals surface area contributed by atoms with Crippen molar-refractivity contribution >= 4 is 5.91 Å². The third-order valence-electron chi connectivity index (χ3n) is 3.01. The summed E-state index contributed by atoms with van der Waals surface area (Å²) in [7, 11) is 0. The molecule has 0 aromatic rings. The molecule has 0 aliphatic carbocycles. The Hall–Kier alpha value is -0.830. The molecule has 1 heterocycles. The summed E-state index contributed by atoms with van der Waals surface area (Å²) >= 11 is 0. The molecule has 16 heavy (non-hydrogen) atoms. The van der Waals surface area contributed by atoms with E-state index in [2.05, 4.69) is 18.4 Å². The number of likely N-dealkylation sites (N-methyl/N-ethyl adjacent to an activating group) is 1. The number of nitrogens with zero attached hydrogens (tertiary/aromatic N) is 2. The van der Waals surface area contributed by atoms with Crippen LogP contribution in [-0.2, 0) is 4.79 Å². The van der Waals surface area contributed by atoms with Gasteiger partial charge in [-0.15, -0.1) is 0 Å². The first-order valence-electron chi connectivity index (χ1n) is 6.28. The van der Waals surface area contributed by atoms with Gasteiger partial charge in [-0.05, 0) is 32.7 Å². The fourth-order valence-electron chi connectivity index (χ4n) is 2.10. The summed E-state index contributed by atoms with van der Waals surface area (Å²) in [6.07, 6.45) is 3.60. The second-order valence-corrected chi connectivity index (χ2v) is 4.70. The Kier molecular flexibility index (Phi) is 5.53. The summed E-state index contributed by atoms with van der Waals surface area (Å²) < 4.78 is 0. The molecular weight excluding hydrogens is 200 g/mol. The number of piperidine rings is 1. The molecule has 1 fully saturated rings. The topological polar surface area (TPSA) is 23.6 Å². The van der Waals surface area contributed by atoms with Gasteiger partial charge in [-0.3, -0.25) is 9.69 Å². The number of likely N-dealkylation sites (tertiary alicyclic amines) is 1. The highest BCUT2D eigenvalue weighted by atomic mass is 16.2. The van der Waals surface area contributed by atoms with Crippen LogP contribution >= 0.6 is 0 Å². The van der Waals surface area contributed by atoms with E-state index in [0.717, 1.165) is 31.8 Å². The predicted molar refractivity (Wildman–Crippen MR) is 67.4 cm³/mol. The monoisotopic (exact) mass is 224 g/mol. The van der Waals surface area contributed by atoms with Crippen LogP contribution in [0.5, 0.6) is 0 Å². The van der Waals surface area contributed by atoms with E-state index >= 15 is 0 Å². The fourth-order valence-corrected chi connectivity index (χ4v) is 2.10. The van der Waals surface area contributed by atoms with E-state index in [1.165, 1.54) is 19.3 Å². The zero-order valence-electron chi connectivity index (χ0n) is 10.7. The van der Waals surface area contributed by atoms with Crippen LogP contribution in [0, 0.1) is 0 Å². The summed E-state index contributed by atoms with van der Waals surface area (Å²) in [5.74, 6) is 0.280. The van der Waals surface area contributed by atoms with Gasteiger partial charge >= 0.3 is 0 Å². The lowest BCUT2D eigenvalue weighted by Crippen LogP contribution is -2.43. The van der Waals surface area contributed by atoms with Crippen LogP contribution in [0.1, 0.15) is 33.1 Å². The van der Waals surface area contributed by atoms with Crippen molar-refractivity contribution in [3.8, 4) is 0 Å². The first kappa shape index (κ1) is 13.2. The summed E-state index contributed by atoms with van der Waals surface area (Å²) in [5.41, 5.74) is 1.12. The molecule has 3 heteroatoms. The lowest BCUT2D eigenvalue weighted by molar-refractivity contribution is -0.133. The molecular formula is C13H24N2O. The highest BCUT2D eigenvalue weighted by Crippen LogP contribution is 2.09. The number of amides is 1. The summed E-state index contributed by atoms with van der Waals surface area (Å²) in [4.78, 5) is 16.2. The Morgan fingerprint density at radius 3 is 2.38 bits per heavy atom. The Morgan fingerprint density at radius 2 is 1.88 bits per heavy atom. The highest BCUT2D eigenvalue weighted by Gasteiger charge is 2.18. The Labute approximate surface area is 99.1 Å². The normalized spacial score (nSPS) is 16.6. The maximum atomic E-state index is 12.0. The van der Waals surface area contributed by atoms with E-state index < -0.39 is 0 Å². The third-order valence-corrected chi connectivity index (χ3v) is 3.01. The molecule has 0 atom stereocenters. The minimum atomic E-state index is 0.280. The molecule has 3 nitrogen and oxygen atoms in total. The minimum absolute atomic E-state index is 0.280. The lowest BCUT2D eigenvalue weighted by Gasteiger charge is -2.29. The molecule has 0 spiro atoms. The third kappa shape index (κ3) is 4.35. The van der Waals surface area contributed by atoms with Crippen LogP contribution in [0.25, 0.3) is 0 Å². The van der Waals surface area contributed by atoms with Gasteiger partial charge in [0.2, 0.25) is 5.91 Å². The van der Waals surface area contributed by atoms with Gasteiger partial charge < -0.3 is 4.90 Å². The van der Waals surface area contributed by atoms with Crippen molar-refractivity contribution in [1.29, 1.82) is 0 Å². The summed E-state index contributed by atoms with van der Waals surface area (Å²) in [5, 5.41) is 0. The van der Waals surface area contributed by atoms with Gasteiger partial charge in [-0.1, -0.05) is 19.1 Å². The molecule has 1 aliphatic heterocycles. The van der Waals surface area contributed by atoms with Crippen LogP contribution in [-0.4, -0.2) is 48.4 Å². The van der Waals surface area contributed by atoms with Crippen molar-refractivity contribution in [3.63, 3.8) is 0 Å². The van der Waals surface area contributed by atoms with Gasteiger partial charge in [-0.25, -0.2) is 0 Å². The van der Waals surface area contributed by atoms with Crippen molar-refractivity contribution < 1.29 is 4.79 Å². The van der Waals surface area contributed by atoms with Gasteiger partial charge in [0, 0.05) is 19.6 Å². The highest BCUT2D eigenvalue weighted by molar-refractivity contribution is 5.78. The maximum absolute atomic E-state index is 12.0. The number of hydrogen-bond donors (Lipinski definition) is 0. The Bertz CT molecular complexity index is 244. The van der Waals surface area contributed by atoms with Crippen molar-refractivity contribution in [2.45, 2.75) is 33.1 Å². The minimum Gasteiger partial charge on any atom is -0.342 e. The zero-order valence-corrected chi connectivity index (χ0v) is 10.7. The number of rotatable bonds is 5. The average molecular weight is 224 g/mol. The van der Waals surface area contributed by atoms with Crippen LogP contribution in [0.15, 0.2) is 12.2 Å². The molecule has 1 saturated heterocycles. The molecule has 1 amide bonds. The molecule has 92 valence electrons. The van der Waals surface area contributed by atoms with Crippen molar-refractivity contribution in [2.75, 3.05) is 32.7 Å². The van der Waals surface area contributed by atoms with E-state index in [-0.39, 0.29) is 5.91 Å². The molecule has 0 bridgehead atoms. The summed E-state index contributed by atoms with van der Waals surface area (Å²) in [6, 6.07) is 0. The van der Waals surface area contributed by atoms with E-state index in [4.69, 9.17) is 0 Å². The number of hydrogen-bond acceptors (Lipinski definition) is 2. The van der Waals surface area contributed by atoms with Crippen LogP contribution in [0.3, 0.4) is 0 Å². The van der Waals surface area contributed by atoms with Crippen molar-refractivity contribution in [3.05, 3.63) is 12.2 Å². The first-order chi connectivity index (χ1) is 7.63. The van der Waals surface area contributed by atoms with E-state index in [1.54, 1.807) is 0 Å². The molecule has 0 aromatic carbocycles. The van der Waals surface area contributed by atoms with Gasteiger partial charge in [0.1, 0.15) is 0 Å². The van der Waals surface area contributed by atoms with Crippen LogP contribution in [0.4, 0.5) is 0 Å². The van der Waals surface area contributed by atoms with Gasteiger partial charge in [-0.2, -0.15) is 0 Å². The molecule has 1 aliphatic rings. The standard InChI is InChI=1S/C13H24N2O/c1-4-14(10-12(2)3)11-13(16)15-8-6-5-7-9-15/h2,4-11H2,1,3H3. The second kappa shape index (κ2) is 6.69. The molecule has 1 rings (SSSR count). The van der Waals surface area contributed by atoms with Gasteiger partial charge in [0.05, 0.1) is 6.54 Å². The molecule has 0 radical (unpaired) electrons. The SMILES string of the molecule is C=C(C)CN(CC)CC(=O)N1CCCCC1. The van der Waals surface area contributed by atoms with Crippen molar-refractivity contribution in [1.82, 2.24) is 9.80 Å². The number of carbonyl (C=O) groups is 1. The largest absolute Gasteiger partial charge is 0.342 e. The molecule has 0 saturated carbocycles. The quantitative estimate of drug-likeness (QED) is 0.666. The molecule has 0 N–H and O–H groups in total. The summed E-state index contributed by atoms with van der Waals surface area (Å²) in [6.45, 7) is 12.2. The second-order valence-electron chi connectivity index (χ2n) is 4.70. The van der Waals surface area contributed by atoms with Crippen LogP contribution in [0.2, 0.25) is 0 Å². The van der Waals surface area contributed by atoms with Crippen molar-refractivity contribution in [2.24, 2.45) is 0 Å². The zero-order chi connectivity index (χ0) is 12.0. The van der Waals surface area contributed by atoms with Gasteiger partial charge in [0.25, 0.3) is 0 Å². The van der Waals surface area contributed by atoms with E-state index in [1.807, 2.05) is 11.8 Å². The van der Waals surface area contributed by atoms with Crippen LogP contribution < -0.4 is 0 Å². The Morgan fingerprint density at radius 1 is 1.25 bits per heavy atom. The maximum Gasteiger partial charge on any atom is 0.236 e. The molecule has 0 unspecified atom stereocenters. The first-order valence-corrected chi connectivity index (χ1v) is 6.28. The molecule has 0 aromatic heterocycles. The lowest BCUT2D eigenvalue weighted by atomic mass is 10.1.